The second-order valence-electron chi connectivity index (χ2n) is 4.71. The van der Waals surface area contributed by atoms with Gasteiger partial charge in [-0.1, -0.05) is 19.9 Å². The van der Waals surface area contributed by atoms with Crippen LogP contribution in [0.25, 0.3) is 0 Å². The van der Waals surface area contributed by atoms with E-state index in [4.69, 9.17) is 5.73 Å². The van der Waals surface area contributed by atoms with E-state index in [9.17, 15) is 5.11 Å². The Morgan fingerprint density at radius 1 is 1.20 bits per heavy atom. The first-order valence-electron chi connectivity index (χ1n) is 5.46. The van der Waals surface area contributed by atoms with Gasteiger partial charge in [-0.05, 0) is 43.4 Å². The molecule has 0 saturated carbocycles. The molecule has 0 heterocycles. The van der Waals surface area contributed by atoms with Crippen molar-refractivity contribution in [1.82, 2.24) is 0 Å². The van der Waals surface area contributed by atoms with Crippen LogP contribution in [-0.2, 0) is 0 Å². The normalized spacial score (nSPS) is 13.2. The average Bonchev–Trinajstić information content (AvgIpc) is 2.09. The van der Waals surface area contributed by atoms with E-state index < -0.39 is 6.10 Å². The third-order valence-electron chi connectivity index (χ3n) is 2.75. The number of aryl methyl sites for hydroxylation is 2. The van der Waals surface area contributed by atoms with Crippen LogP contribution in [0.2, 0.25) is 0 Å². The molecule has 0 saturated heterocycles. The molecule has 3 N–H and O–H groups in total. The van der Waals surface area contributed by atoms with Crippen molar-refractivity contribution in [2.24, 2.45) is 5.92 Å². The van der Waals surface area contributed by atoms with E-state index in [1.165, 1.54) is 11.1 Å². The molecule has 1 unspecified atom stereocenters. The first-order chi connectivity index (χ1) is 6.91. The molecule has 15 heavy (non-hydrogen) atoms. The molecule has 0 aliphatic heterocycles. The van der Waals surface area contributed by atoms with Crippen LogP contribution in [0.5, 0.6) is 0 Å². The molecule has 0 spiro atoms. The summed E-state index contributed by atoms with van der Waals surface area (Å²) in [6, 6.07) is 3.94. The van der Waals surface area contributed by atoms with Crippen LogP contribution < -0.4 is 5.73 Å². The number of aliphatic hydroxyl groups is 1. The minimum absolute atomic E-state index is 0.440. The van der Waals surface area contributed by atoms with Gasteiger partial charge in [0.05, 0.1) is 6.10 Å². The maximum atomic E-state index is 10.0. The first-order valence-corrected chi connectivity index (χ1v) is 5.46. The molecular formula is C13H21NO. The molecule has 1 rings (SSSR count). The van der Waals surface area contributed by atoms with Gasteiger partial charge in [0, 0.05) is 11.3 Å². The zero-order chi connectivity index (χ0) is 11.6. The Labute approximate surface area is 92.1 Å². The molecule has 1 aromatic rings. The summed E-state index contributed by atoms with van der Waals surface area (Å²) >= 11 is 0. The minimum Gasteiger partial charge on any atom is -0.398 e. The largest absolute Gasteiger partial charge is 0.398 e. The summed E-state index contributed by atoms with van der Waals surface area (Å²) in [6.07, 6.45) is 0.316. The second-order valence-corrected chi connectivity index (χ2v) is 4.71. The van der Waals surface area contributed by atoms with E-state index >= 15 is 0 Å². The molecule has 1 aromatic carbocycles. The summed E-state index contributed by atoms with van der Waals surface area (Å²) in [5, 5.41) is 10.0. The number of nitrogen functional groups attached to an aromatic ring is 1. The first kappa shape index (κ1) is 12.1. The Kier molecular flexibility index (Phi) is 3.75. The molecular weight excluding hydrogens is 186 g/mol. The van der Waals surface area contributed by atoms with E-state index in [0.717, 1.165) is 12.0 Å². The Morgan fingerprint density at radius 3 is 2.27 bits per heavy atom. The fourth-order valence-corrected chi connectivity index (χ4v) is 1.72. The quantitative estimate of drug-likeness (QED) is 0.748. The summed E-state index contributed by atoms with van der Waals surface area (Å²) in [7, 11) is 0. The van der Waals surface area contributed by atoms with Gasteiger partial charge in [0.1, 0.15) is 0 Å². The maximum absolute atomic E-state index is 10.0. The smallest absolute Gasteiger partial charge is 0.0812 e. The highest BCUT2D eigenvalue weighted by molar-refractivity contribution is 5.52. The van der Waals surface area contributed by atoms with E-state index in [0.29, 0.717) is 11.6 Å². The van der Waals surface area contributed by atoms with Gasteiger partial charge in [-0.25, -0.2) is 0 Å². The predicted octanol–water partition coefficient (Wildman–Crippen LogP) is 2.97. The van der Waals surface area contributed by atoms with Crippen molar-refractivity contribution < 1.29 is 5.11 Å². The lowest BCUT2D eigenvalue weighted by molar-refractivity contribution is 0.151. The topological polar surface area (TPSA) is 46.2 Å². The van der Waals surface area contributed by atoms with Gasteiger partial charge >= 0.3 is 0 Å². The van der Waals surface area contributed by atoms with Crippen molar-refractivity contribution in [2.75, 3.05) is 5.73 Å². The maximum Gasteiger partial charge on any atom is 0.0812 e. The van der Waals surface area contributed by atoms with Crippen molar-refractivity contribution >= 4 is 5.69 Å². The minimum atomic E-state index is -0.440. The average molecular weight is 207 g/mol. The van der Waals surface area contributed by atoms with Gasteiger partial charge in [-0.3, -0.25) is 0 Å². The lowest BCUT2D eigenvalue weighted by atomic mass is 9.95. The number of benzene rings is 1. The van der Waals surface area contributed by atoms with Gasteiger partial charge < -0.3 is 10.8 Å². The van der Waals surface area contributed by atoms with Gasteiger partial charge in [0.2, 0.25) is 0 Å². The molecule has 0 aliphatic carbocycles. The Morgan fingerprint density at radius 2 is 1.73 bits per heavy atom. The van der Waals surface area contributed by atoms with Crippen LogP contribution in [0.4, 0.5) is 5.69 Å². The summed E-state index contributed by atoms with van der Waals surface area (Å²) in [4.78, 5) is 0. The van der Waals surface area contributed by atoms with Crippen molar-refractivity contribution in [3.8, 4) is 0 Å². The highest BCUT2D eigenvalue weighted by Gasteiger charge is 2.13. The summed E-state index contributed by atoms with van der Waals surface area (Å²) in [5.41, 5.74) is 9.83. The molecule has 2 heteroatoms. The number of anilines is 1. The molecule has 0 bridgehead atoms. The van der Waals surface area contributed by atoms with Gasteiger partial charge in [-0.15, -0.1) is 0 Å². The number of hydrogen-bond donors (Lipinski definition) is 2. The highest BCUT2D eigenvalue weighted by atomic mass is 16.3. The SMILES string of the molecule is Cc1cc(N)c(C(O)CC(C)C)cc1C. The molecule has 0 fully saturated rings. The third kappa shape index (κ3) is 2.96. The van der Waals surface area contributed by atoms with Gasteiger partial charge in [0.25, 0.3) is 0 Å². The zero-order valence-electron chi connectivity index (χ0n) is 10.0. The van der Waals surface area contributed by atoms with Crippen LogP contribution in [0.15, 0.2) is 12.1 Å². The molecule has 0 aromatic heterocycles. The van der Waals surface area contributed by atoms with E-state index in [2.05, 4.69) is 13.8 Å². The lowest BCUT2D eigenvalue weighted by Crippen LogP contribution is -2.06. The number of hydrogen-bond acceptors (Lipinski definition) is 2. The second kappa shape index (κ2) is 4.67. The molecule has 0 radical (unpaired) electrons. The van der Waals surface area contributed by atoms with Crippen molar-refractivity contribution in [3.05, 3.63) is 28.8 Å². The predicted molar refractivity (Wildman–Crippen MR) is 64.7 cm³/mol. The van der Waals surface area contributed by atoms with Crippen LogP contribution in [0, 0.1) is 19.8 Å². The van der Waals surface area contributed by atoms with Crippen LogP contribution in [0.1, 0.15) is 43.1 Å². The van der Waals surface area contributed by atoms with Crippen LogP contribution in [0.3, 0.4) is 0 Å². The molecule has 0 aliphatic rings. The number of nitrogens with two attached hydrogens (primary N) is 1. The van der Waals surface area contributed by atoms with E-state index in [-0.39, 0.29) is 0 Å². The standard InChI is InChI=1S/C13H21NO/c1-8(2)5-13(15)11-6-9(3)10(4)7-12(11)14/h6-8,13,15H,5,14H2,1-4H3. The fourth-order valence-electron chi connectivity index (χ4n) is 1.72. The number of aliphatic hydroxyl groups excluding tert-OH is 1. The zero-order valence-corrected chi connectivity index (χ0v) is 10.0. The van der Waals surface area contributed by atoms with Gasteiger partial charge in [0.15, 0.2) is 0 Å². The Bertz CT molecular complexity index is 345. The summed E-state index contributed by atoms with van der Waals surface area (Å²) < 4.78 is 0. The lowest BCUT2D eigenvalue weighted by Gasteiger charge is -2.17. The van der Waals surface area contributed by atoms with Crippen molar-refractivity contribution in [1.29, 1.82) is 0 Å². The summed E-state index contributed by atoms with van der Waals surface area (Å²) in [5.74, 6) is 0.473. The van der Waals surface area contributed by atoms with Crippen LogP contribution in [-0.4, -0.2) is 5.11 Å². The molecule has 1 atom stereocenters. The van der Waals surface area contributed by atoms with Gasteiger partial charge in [-0.2, -0.15) is 0 Å². The van der Waals surface area contributed by atoms with E-state index in [1.807, 2.05) is 26.0 Å². The Hall–Kier alpha value is -1.02. The van der Waals surface area contributed by atoms with Crippen molar-refractivity contribution in [2.45, 2.75) is 40.2 Å². The monoisotopic (exact) mass is 207 g/mol. The van der Waals surface area contributed by atoms with Crippen LogP contribution >= 0.6 is 0 Å². The summed E-state index contributed by atoms with van der Waals surface area (Å²) in [6.45, 7) is 8.27. The van der Waals surface area contributed by atoms with Crippen molar-refractivity contribution in [3.63, 3.8) is 0 Å². The molecule has 84 valence electrons. The fraction of sp³-hybridized carbons (Fsp3) is 0.538. The molecule has 2 nitrogen and oxygen atoms in total. The molecule has 0 amide bonds. The third-order valence-corrected chi connectivity index (χ3v) is 2.75. The number of rotatable bonds is 3. The Balaban J connectivity index is 2.98. The highest BCUT2D eigenvalue weighted by Crippen LogP contribution is 2.28. The van der Waals surface area contributed by atoms with E-state index in [1.54, 1.807) is 0 Å².